The molecule has 4 nitrogen and oxygen atoms in total. The van der Waals surface area contributed by atoms with Gasteiger partial charge in [-0.2, -0.15) is 0 Å². The Balaban J connectivity index is 2.48. The van der Waals surface area contributed by atoms with Crippen molar-refractivity contribution in [2.45, 2.75) is 13.0 Å². The predicted octanol–water partition coefficient (Wildman–Crippen LogP) is 1.17. The normalized spacial score (nSPS) is 12.8. The van der Waals surface area contributed by atoms with Crippen LogP contribution in [-0.2, 0) is 0 Å². The van der Waals surface area contributed by atoms with Crippen LogP contribution in [0.25, 0.3) is 10.8 Å². The highest BCUT2D eigenvalue weighted by Crippen LogP contribution is 2.20. The molecule has 17 heavy (non-hydrogen) atoms. The first-order chi connectivity index (χ1) is 8.24. The van der Waals surface area contributed by atoms with E-state index in [4.69, 9.17) is 5.11 Å². The van der Waals surface area contributed by atoms with Gasteiger partial charge in [0.2, 0.25) is 0 Å². The molecule has 1 aromatic carbocycles. The number of hydrogen-bond acceptors (Lipinski definition) is 3. The van der Waals surface area contributed by atoms with E-state index in [1.54, 1.807) is 6.20 Å². The molecule has 0 bridgehead atoms. The van der Waals surface area contributed by atoms with Gasteiger partial charge in [0, 0.05) is 24.2 Å². The number of nitrogens with one attached hydrogen (secondary N) is 2. The third-order valence-corrected chi connectivity index (χ3v) is 2.87. The van der Waals surface area contributed by atoms with Crippen molar-refractivity contribution in [1.29, 1.82) is 0 Å². The predicted molar refractivity (Wildman–Crippen MR) is 68.1 cm³/mol. The van der Waals surface area contributed by atoms with Gasteiger partial charge in [-0.3, -0.25) is 4.79 Å². The summed E-state index contributed by atoms with van der Waals surface area (Å²) in [5, 5.41) is 13.6. The molecule has 4 heteroatoms. The molecule has 2 aromatic rings. The molecule has 0 amide bonds. The summed E-state index contributed by atoms with van der Waals surface area (Å²) >= 11 is 0. The number of H-pyrrole nitrogens is 1. The zero-order valence-electron chi connectivity index (χ0n) is 9.73. The Bertz CT molecular complexity index is 563. The quantitative estimate of drug-likeness (QED) is 0.741. The minimum atomic E-state index is -0.0706. The number of fused-ring (bicyclic) bond motifs is 1. The van der Waals surface area contributed by atoms with Gasteiger partial charge in [0.05, 0.1) is 6.61 Å². The zero-order valence-corrected chi connectivity index (χ0v) is 9.73. The lowest BCUT2D eigenvalue weighted by molar-refractivity contribution is 0.286. The number of rotatable bonds is 4. The minimum absolute atomic E-state index is 0.0706. The van der Waals surface area contributed by atoms with Crippen LogP contribution in [-0.4, -0.2) is 23.2 Å². The maximum absolute atomic E-state index is 11.7. The Morgan fingerprint density at radius 1 is 1.35 bits per heavy atom. The van der Waals surface area contributed by atoms with Crippen LogP contribution in [0.4, 0.5) is 0 Å². The second-order valence-corrected chi connectivity index (χ2v) is 4.02. The van der Waals surface area contributed by atoms with E-state index in [1.165, 1.54) is 0 Å². The number of aromatic amines is 1. The monoisotopic (exact) mass is 232 g/mol. The van der Waals surface area contributed by atoms with Crippen LogP contribution in [0, 0.1) is 0 Å². The van der Waals surface area contributed by atoms with Crippen molar-refractivity contribution in [3.05, 3.63) is 46.4 Å². The topological polar surface area (TPSA) is 65.1 Å². The summed E-state index contributed by atoms with van der Waals surface area (Å²) in [6.45, 7) is 2.65. The van der Waals surface area contributed by atoms with E-state index < -0.39 is 0 Å². The van der Waals surface area contributed by atoms with Gasteiger partial charge in [-0.05, 0) is 23.9 Å². The summed E-state index contributed by atoms with van der Waals surface area (Å²) in [7, 11) is 0. The van der Waals surface area contributed by atoms with Crippen molar-refractivity contribution in [3.8, 4) is 0 Å². The fraction of sp³-hybridized carbons (Fsp3) is 0.308. The smallest absolute Gasteiger partial charge is 0.255 e. The van der Waals surface area contributed by atoms with Crippen molar-refractivity contribution in [3.63, 3.8) is 0 Å². The van der Waals surface area contributed by atoms with Gasteiger partial charge in [-0.15, -0.1) is 0 Å². The van der Waals surface area contributed by atoms with Gasteiger partial charge in [-0.1, -0.05) is 18.2 Å². The first-order valence-electron chi connectivity index (χ1n) is 5.68. The van der Waals surface area contributed by atoms with Crippen LogP contribution in [0.3, 0.4) is 0 Å². The van der Waals surface area contributed by atoms with Gasteiger partial charge in [-0.25, -0.2) is 0 Å². The molecule has 1 atom stereocenters. The second kappa shape index (κ2) is 5.12. The fourth-order valence-electron chi connectivity index (χ4n) is 1.98. The van der Waals surface area contributed by atoms with Crippen LogP contribution in [0.2, 0.25) is 0 Å². The van der Waals surface area contributed by atoms with Crippen LogP contribution >= 0.6 is 0 Å². The van der Waals surface area contributed by atoms with E-state index in [2.05, 4.69) is 10.3 Å². The first kappa shape index (κ1) is 11.8. The Morgan fingerprint density at radius 2 is 2.06 bits per heavy atom. The molecule has 0 aliphatic carbocycles. The van der Waals surface area contributed by atoms with Crippen molar-refractivity contribution in [2.24, 2.45) is 0 Å². The lowest BCUT2D eigenvalue weighted by Gasteiger charge is -2.15. The minimum Gasteiger partial charge on any atom is -0.395 e. The van der Waals surface area contributed by atoms with E-state index in [9.17, 15) is 4.79 Å². The average molecular weight is 232 g/mol. The maximum atomic E-state index is 11.7. The summed E-state index contributed by atoms with van der Waals surface area (Å²) in [4.78, 5) is 14.4. The van der Waals surface area contributed by atoms with Crippen LogP contribution < -0.4 is 10.9 Å². The van der Waals surface area contributed by atoms with Gasteiger partial charge < -0.3 is 15.4 Å². The number of aromatic nitrogens is 1. The Labute approximate surface area is 99.3 Å². The molecule has 0 aliphatic heterocycles. The lowest BCUT2D eigenvalue weighted by Crippen LogP contribution is -2.23. The van der Waals surface area contributed by atoms with E-state index in [0.29, 0.717) is 11.9 Å². The number of benzene rings is 1. The van der Waals surface area contributed by atoms with Crippen LogP contribution in [0.5, 0.6) is 0 Å². The average Bonchev–Trinajstić information content (AvgIpc) is 2.37. The van der Waals surface area contributed by atoms with E-state index in [1.807, 2.05) is 31.2 Å². The molecule has 2 rings (SSSR count). The molecule has 0 saturated carbocycles. The lowest BCUT2D eigenvalue weighted by atomic mass is 10.0. The summed E-state index contributed by atoms with van der Waals surface area (Å²) in [6.07, 6.45) is 1.74. The molecular weight excluding hydrogens is 216 g/mol. The Hall–Kier alpha value is -1.65. The zero-order chi connectivity index (χ0) is 12.3. The Morgan fingerprint density at radius 3 is 2.76 bits per heavy atom. The van der Waals surface area contributed by atoms with Crippen molar-refractivity contribution in [2.75, 3.05) is 13.2 Å². The Kier molecular flexibility index (Phi) is 3.56. The third kappa shape index (κ3) is 2.38. The summed E-state index contributed by atoms with van der Waals surface area (Å²) in [6, 6.07) is 7.62. The van der Waals surface area contributed by atoms with Crippen LogP contribution in [0.15, 0.2) is 35.3 Å². The largest absolute Gasteiger partial charge is 0.395 e. The molecule has 0 radical (unpaired) electrons. The number of pyridine rings is 1. The summed E-state index contributed by atoms with van der Waals surface area (Å²) < 4.78 is 0. The summed E-state index contributed by atoms with van der Waals surface area (Å²) in [5.41, 5.74) is 0.965. The third-order valence-electron chi connectivity index (χ3n) is 2.87. The van der Waals surface area contributed by atoms with Crippen molar-refractivity contribution in [1.82, 2.24) is 10.3 Å². The highest BCUT2D eigenvalue weighted by Gasteiger charge is 2.09. The number of hydrogen-bond donors (Lipinski definition) is 3. The van der Waals surface area contributed by atoms with Crippen LogP contribution in [0.1, 0.15) is 18.5 Å². The van der Waals surface area contributed by atoms with Gasteiger partial charge in [0.15, 0.2) is 0 Å². The van der Waals surface area contributed by atoms with Gasteiger partial charge >= 0.3 is 0 Å². The van der Waals surface area contributed by atoms with Crippen molar-refractivity contribution < 1.29 is 5.11 Å². The molecule has 0 fully saturated rings. The molecule has 1 aromatic heterocycles. The molecule has 0 saturated heterocycles. The van der Waals surface area contributed by atoms with E-state index >= 15 is 0 Å². The van der Waals surface area contributed by atoms with Gasteiger partial charge in [0.25, 0.3) is 5.56 Å². The molecule has 3 N–H and O–H groups in total. The first-order valence-corrected chi connectivity index (χ1v) is 5.68. The molecule has 0 aliphatic rings. The second-order valence-electron chi connectivity index (χ2n) is 4.02. The maximum Gasteiger partial charge on any atom is 0.255 e. The highest BCUT2D eigenvalue weighted by atomic mass is 16.3. The highest BCUT2D eigenvalue weighted by molar-refractivity contribution is 5.84. The number of aliphatic hydroxyl groups excluding tert-OH is 1. The molecule has 0 spiro atoms. The van der Waals surface area contributed by atoms with Crippen molar-refractivity contribution >= 4 is 10.8 Å². The fourth-order valence-corrected chi connectivity index (χ4v) is 1.98. The summed E-state index contributed by atoms with van der Waals surface area (Å²) in [5.74, 6) is 0. The van der Waals surface area contributed by atoms with E-state index in [-0.39, 0.29) is 18.2 Å². The SMILES string of the molecule is CC(NCCO)c1c[nH]c(=O)c2ccccc12. The standard InChI is InChI=1S/C13H16N2O2/c1-9(14-6-7-16)12-8-15-13(17)11-5-3-2-4-10(11)12/h2-5,8-9,14,16H,6-7H2,1H3,(H,15,17). The molecule has 1 heterocycles. The van der Waals surface area contributed by atoms with E-state index in [0.717, 1.165) is 10.9 Å². The molecule has 90 valence electrons. The van der Waals surface area contributed by atoms with Gasteiger partial charge in [0.1, 0.15) is 0 Å². The molecule has 1 unspecified atom stereocenters. The molecular formula is C13H16N2O2. The number of aliphatic hydroxyl groups is 1.